The third-order valence-electron chi connectivity index (χ3n) is 5.92. The Balaban J connectivity index is 1.67. The van der Waals surface area contributed by atoms with E-state index in [1.807, 2.05) is 30.3 Å². The molecule has 0 unspecified atom stereocenters. The smallest absolute Gasteiger partial charge is 0.210 e. The number of nitrogens with one attached hydrogen (secondary N) is 3. The van der Waals surface area contributed by atoms with Crippen LogP contribution in [0.5, 0.6) is 0 Å². The summed E-state index contributed by atoms with van der Waals surface area (Å²) in [5.74, 6) is 0.751. The van der Waals surface area contributed by atoms with E-state index < -0.39 is 0 Å². The molecule has 0 spiro atoms. The summed E-state index contributed by atoms with van der Waals surface area (Å²) >= 11 is 0. The first-order valence-corrected chi connectivity index (χ1v) is 9.70. The molecule has 0 radical (unpaired) electrons. The molecule has 3 N–H and O–H groups in total. The fraction of sp³-hybridized carbons (Fsp3) is 0.273. The molecule has 4 heterocycles. The van der Waals surface area contributed by atoms with Crippen LogP contribution in [-0.2, 0) is 12.8 Å². The zero-order valence-electron chi connectivity index (χ0n) is 15.1. The first-order valence-electron chi connectivity index (χ1n) is 9.70. The van der Waals surface area contributed by atoms with E-state index in [2.05, 4.69) is 21.3 Å². The molecule has 27 heavy (non-hydrogen) atoms. The number of rotatable bonds is 0. The van der Waals surface area contributed by atoms with Crippen LogP contribution in [0.25, 0.3) is 16.8 Å². The van der Waals surface area contributed by atoms with Gasteiger partial charge < -0.3 is 15.1 Å². The first-order chi connectivity index (χ1) is 13.3. The average Bonchev–Trinajstić information content (AvgIpc) is 3.12. The van der Waals surface area contributed by atoms with Gasteiger partial charge in [-0.2, -0.15) is 0 Å². The highest BCUT2D eigenvalue weighted by molar-refractivity contribution is 5.90. The highest BCUT2D eigenvalue weighted by Gasteiger charge is 2.26. The molecule has 5 heteroatoms. The molecule has 1 aromatic heterocycles. The van der Waals surface area contributed by atoms with Crippen molar-refractivity contribution < 1.29 is 4.42 Å². The van der Waals surface area contributed by atoms with Gasteiger partial charge in [-0.25, -0.2) is 4.58 Å². The Morgan fingerprint density at radius 1 is 0.963 bits per heavy atom. The zero-order valence-corrected chi connectivity index (χ0v) is 15.1. The largest absolute Gasteiger partial charge is 0.450 e. The van der Waals surface area contributed by atoms with Gasteiger partial charge in [0, 0.05) is 23.8 Å². The molecule has 0 atom stereocenters. The highest BCUT2D eigenvalue weighted by Crippen LogP contribution is 2.29. The summed E-state index contributed by atoms with van der Waals surface area (Å²) in [7, 11) is 0. The van der Waals surface area contributed by atoms with Crippen LogP contribution in [0, 0.1) is 5.41 Å². The summed E-state index contributed by atoms with van der Waals surface area (Å²) in [4.78, 5) is 0. The van der Waals surface area contributed by atoms with Gasteiger partial charge in [-0.3, -0.25) is 5.41 Å². The molecule has 134 valence electrons. The summed E-state index contributed by atoms with van der Waals surface area (Å²) in [5.41, 5.74) is 6.29. The van der Waals surface area contributed by atoms with E-state index in [9.17, 15) is 0 Å². The molecule has 0 bridgehead atoms. The minimum absolute atomic E-state index is 0.404. The molecular weight excluding hydrogens is 336 g/mol. The normalized spacial score (nSPS) is 17.3. The topological polar surface area (TPSA) is 64.1 Å². The van der Waals surface area contributed by atoms with Crippen LogP contribution in [0.15, 0.2) is 40.8 Å². The van der Waals surface area contributed by atoms with E-state index in [1.54, 1.807) is 0 Å². The Kier molecular flexibility index (Phi) is 3.04. The van der Waals surface area contributed by atoms with E-state index in [0.29, 0.717) is 10.8 Å². The lowest BCUT2D eigenvalue weighted by Gasteiger charge is -2.19. The van der Waals surface area contributed by atoms with Crippen molar-refractivity contribution in [1.29, 1.82) is 5.41 Å². The lowest BCUT2D eigenvalue weighted by atomic mass is 9.94. The standard InChI is InChI=1S/C22H20N4O/c23-16-12-14-11-13-5-3-9-26-10-4-6-15(19(13)26)20(14)27-21(16)22-24-17-7-1-2-8-18(17)25-22/h1-2,7-8,11-12H,3-6,9-10,23H2/p+1. The number of benzene rings is 2. The van der Waals surface area contributed by atoms with Gasteiger partial charge >= 0.3 is 0 Å². The Hall–Kier alpha value is -3.08. The zero-order chi connectivity index (χ0) is 18.0. The van der Waals surface area contributed by atoms with Gasteiger partial charge in [-0.05, 0) is 37.1 Å². The molecule has 0 saturated carbocycles. The molecule has 0 amide bonds. The van der Waals surface area contributed by atoms with Gasteiger partial charge in [0.05, 0.1) is 16.9 Å². The molecule has 3 aliphatic heterocycles. The van der Waals surface area contributed by atoms with E-state index in [-0.39, 0.29) is 0 Å². The molecule has 0 fully saturated rings. The quantitative estimate of drug-likeness (QED) is 0.539. The van der Waals surface area contributed by atoms with Gasteiger partial charge in [-0.1, -0.05) is 12.1 Å². The van der Waals surface area contributed by atoms with Crippen molar-refractivity contribution in [3.8, 4) is 0 Å². The van der Waals surface area contributed by atoms with Crippen molar-refractivity contribution in [2.24, 2.45) is 0 Å². The van der Waals surface area contributed by atoms with Crippen molar-refractivity contribution >= 4 is 28.2 Å². The van der Waals surface area contributed by atoms with Crippen LogP contribution in [0.3, 0.4) is 0 Å². The van der Waals surface area contributed by atoms with E-state index in [0.717, 1.165) is 60.5 Å². The van der Waals surface area contributed by atoms with Crippen molar-refractivity contribution in [2.45, 2.75) is 25.7 Å². The van der Waals surface area contributed by atoms with E-state index in [4.69, 9.17) is 9.83 Å². The van der Waals surface area contributed by atoms with Gasteiger partial charge in [0.25, 0.3) is 0 Å². The number of hydrogen-bond donors (Lipinski definition) is 3. The molecular formula is C22H21N4O+. The van der Waals surface area contributed by atoms with Gasteiger partial charge in [0.1, 0.15) is 24.0 Å². The molecule has 3 aliphatic rings. The van der Waals surface area contributed by atoms with E-state index in [1.165, 1.54) is 22.9 Å². The summed E-state index contributed by atoms with van der Waals surface area (Å²) in [6, 6.07) is 12.3. The minimum Gasteiger partial charge on any atom is -0.450 e. The Labute approximate surface area is 156 Å². The molecule has 2 aromatic carbocycles. The fourth-order valence-electron chi connectivity index (χ4n) is 4.76. The van der Waals surface area contributed by atoms with Crippen LogP contribution >= 0.6 is 0 Å². The number of para-hydroxylation sites is 2. The predicted molar refractivity (Wildman–Crippen MR) is 106 cm³/mol. The van der Waals surface area contributed by atoms with Crippen molar-refractivity contribution in [3.05, 3.63) is 63.7 Å². The monoisotopic (exact) mass is 357 g/mol. The second kappa shape index (κ2) is 5.46. The van der Waals surface area contributed by atoms with Gasteiger partial charge in [0.2, 0.25) is 5.36 Å². The van der Waals surface area contributed by atoms with Crippen LogP contribution in [0.2, 0.25) is 0 Å². The second-order valence-corrected chi connectivity index (χ2v) is 7.64. The maximum atomic E-state index is 8.54. The minimum atomic E-state index is 0.404. The van der Waals surface area contributed by atoms with Crippen LogP contribution < -0.4 is 31.3 Å². The van der Waals surface area contributed by atoms with Crippen molar-refractivity contribution in [2.75, 3.05) is 23.7 Å². The molecule has 5 nitrogen and oxygen atoms in total. The number of aryl methyl sites for hydroxylation is 2. The number of fused-ring (bicyclic) bond motifs is 3. The lowest BCUT2D eigenvalue weighted by Crippen LogP contribution is -2.43. The number of anilines is 2. The number of nitrogens with zero attached hydrogens (tertiary/aromatic N) is 1. The maximum Gasteiger partial charge on any atom is 0.210 e. The summed E-state index contributed by atoms with van der Waals surface area (Å²) < 4.78 is 8.93. The van der Waals surface area contributed by atoms with Crippen LogP contribution in [-0.4, -0.2) is 13.1 Å². The van der Waals surface area contributed by atoms with Crippen molar-refractivity contribution in [3.63, 3.8) is 0 Å². The lowest BCUT2D eigenvalue weighted by molar-refractivity contribution is 0.474. The third-order valence-corrected chi connectivity index (χ3v) is 5.92. The molecule has 0 saturated heterocycles. The second-order valence-electron chi connectivity index (χ2n) is 7.64. The van der Waals surface area contributed by atoms with Crippen LogP contribution in [0.1, 0.15) is 24.0 Å². The molecule has 6 rings (SSSR count). The summed E-state index contributed by atoms with van der Waals surface area (Å²) in [6.45, 7) is 2.29. The Bertz CT molecular complexity index is 1270. The number of hydrogen-bond acceptors (Lipinski definition) is 4. The van der Waals surface area contributed by atoms with E-state index >= 15 is 0 Å². The third kappa shape index (κ3) is 2.17. The predicted octanol–water partition coefficient (Wildman–Crippen LogP) is 1.90. The first kappa shape index (κ1) is 15.0. The summed E-state index contributed by atoms with van der Waals surface area (Å²) in [6.07, 6.45) is 4.55. The van der Waals surface area contributed by atoms with Crippen molar-refractivity contribution in [1.82, 2.24) is 4.58 Å². The SMILES string of the molecule is N=c1cc2cc3c4c(c2oc1=C1Nc2ccccc2N1)CCC[N+]=4CCC3. The Morgan fingerprint density at radius 3 is 2.48 bits per heavy atom. The Morgan fingerprint density at radius 2 is 1.70 bits per heavy atom. The highest BCUT2D eigenvalue weighted by atomic mass is 16.3. The molecule has 3 aromatic rings. The fourth-order valence-corrected chi connectivity index (χ4v) is 4.76. The van der Waals surface area contributed by atoms with Gasteiger partial charge in [0.15, 0.2) is 11.2 Å². The molecule has 0 aliphatic carbocycles. The van der Waals surface area contributed by atoms with Crippen LogP contribution in [0.4, 0.5) is 11.4 Å². The maximum absolute atomic E-state index is 8.54. The van der Waals surface area contributed by atoms with Gasteiger partial charge in [-0.15, -0.1) is 0 Å². The summed E-state index contributed by atoms with van der Waals surface area (Å²) in [5, 5.41) is 18.1. The average molecular weight is 357 g/mol.